The molecule has 0 aliphatic carbocycles. The topological polar surface area (TPSA) is 89.3 Å². The molecule has 1 aromatic carbocycles. The number of aliphatic hydroxyl groups excluding tert-OH is 1. The number of aliphatic hydroxyl groups is 1. The molecule has 1 heterocycles. The number of carbonyl (C=O) groups is 1. The van der Waals surface area contributed by atoms with Crippen molar-refractivity contribution in [1.82, 2.24) is 14.8 Å². The van der Waals surface area contributed by atoms with E-state index in [1.165, 1.54) is 24.3 Å². The standard InChI is InChI=1S/C13H16N4O3/c1-10(18)16-11-2-4-13(5-3-11)20-7-12(19)6-17-9-14-8-15-17/h2-5,8-9,12,19H,6-7H2,1H3,(H,16,18)/t12-/m0/s1. The molecule has 1 amide bonds. The Balaban J connectivity index is 1.80. The lowest BCUT2D eigenvalue weighted by molar-refractivity contribution is -0.114. The number of hydrogen-bond acceptors (Lipinski definition) is 5. The molecular formula is C13H16N4O3. The van der Waals surface area contributed by atoms with Gasteiger partial charge >= 0.3 is 0 Å². The summed E-state index contributed by atoms with van der Waals surface area (Å²) in [5, 5.41) is 16.3. The first-order valence-corrected chi connectivity index (χ1v) is 6.14. The van der Waals surface area contributed by atoms with E-state index in [4.69, 9.17) is 4.74 Å². The first kappa shape index (κ1) is 14.0. The van der Waals surface area contributed by atoms with Crippen LogP contribution in [-0.4, -0.2) is 38.5 Å². The molecule has 0 unspecified atom stereocenters. The molecule has 7 heteroatoms. The zero-order valence-electron chi connectivity index (χ0n) is 11.1. The third kappa shape index (κ3) is 4.36. The van der Waals surface area contributed by atoms with Gasteiger partial charge in [-0.25, -0.2) is 4.98 Å². The lowest BCUT2D eigenvalue weighted by atomic mass is 10.3. The van der Waals surface area contributed by atoms with Crippen molar-refractivity contribution in [3.05, 3.63) is 36.9 Å². The smallest absolute Gasteiger partial charge is 0.221 e. The quantitative estimate of drug-likeness (QED) is 0.809. The average molecular weight is 276 g/mol. The number of anilines is 1. The van der Waals surface area contributed by atoms with Gasteiger partial charge in [0.05, 0.1) is 6.54 Å². The van der Waals surface area contributed by atoms with Gasteiger partial charge in [0.15, 0.2) is 0 Å². The van der Waals surface area contributed by atoms with E-state index in [1.807, 2.05) is 0 Å². The summed E-state index contributed by atoms with van der Waals surface area (Å²) in [5.41, 5.74) is 0.702. The maximum atomic E-state index is 10.9. The highest BCUT2D eigenvalue weighted by atomic mass is 16.5. The van der Waals surface area contributed by atoms with Crippen molar-refractivity contribution in [3.8, 4) is 5.75 Å². The maximum absolute atomic E-state index is 10.9. The fourth-order valence-corrected chi connectivity index (χ4v) is 1.63. The summed E-state index contributed by atoms with van der Waals surface area (Å²) in [5.74, 6) is 0.499. The van der Waals surface area contributed by atoms with Gasteiger partial charge in [0.2, 0.25) is 5.91 Å². The number of aromatic nitrogens is 3. The van der Waals surface area contributed by atoms with Crippen LogP contribution in [0.15, 0.2) is 36.9 Å². The van der Waals surface area contributed by atoms with E-state index in [-0.39, 0.29) is 12.5 Å². The molecule has 106 valence electrons. The second-order valence-corrected chi connectivity index (χ2v) is 4.29. The molecular weight excluding hydrogens is 260 g/mol. The van der Waals surface area contributed by atoms with Gasteiger partial charge in [-0.3, -0.25) is 9.48 Å². The Morgan fingerprint density at radius 1 is 1.45 bits per heavy atom. The molecule has 20 heavy (non-hydrogen) atoms. The molecule has 0 fully saturated rings. The van der Waals surface area contributed by atoms with Crippen molar-refractivity contribution in [3.63, 3.8) is 0 Å². The Kier molecular flexibility index (Phi) is 4.67. The monoisotopic (exact) mass is 276 g/mol. The van der Waals surface area contributed by atoms with Gasteiger partial charge in [-0.1, -0.05) is 0 Å². The fraction of sp³-hybridized carbons (Fsp3) is 0.308. The van der Waals surface area contributed by atoms with Crippen LogP contribution in [0, 0.1) is 0 Å². The molecule has 1 atom stereocenters. The normalized spacial score (nSPS) is 11.9. The molecule has 7 nitrogen and oxygen atoms in total. The van der Waals surface area contributed by atoms with Crippen LogP contribution >= 0.6 is 0 Å². The Morgan fingerprint density at radius 3 is 2.80 bits per heavy atom. The molecule has 0 aliphatic heterocycles. The van der Waals surface area contributed by atoms with Crippen molar-refractivity contribution in [2.24, 2.45) is 0 Å². The number of rotatable bonds is 6. The van der Waals surface area contributed by atoms with Crippen LogP contribution < -0.4 is 10.1 Å². The van der Waals surface area contributed by atoms with Gasteiger partial charge in [0.1, 0.15) is 31.1 Å². The second kappa shape index (κ2) is 6.67. The van der Waals surface area contributed by atoms with E-state index in [2.05, 4.69) is 15.4 Å². The summed E-state index contributed by atoms with van der Waals surface area (Å²) in [7, 11) is 0. The van der Waals surface area contributed by atoms with Crippen LogP contribution in [0.2, 0.25) is 0 Å². The van der Waals surface area contributed by atoms with Gasteiger partial charge in [-0.05, 0) is 24.3 Å². The SMILES string of the molecule is CC(=O)Nc1ccc(OC[C@@H](O)Cn2cncn2)cc1. The molecule has 0 bridgehead atoms. The second-order valence-electron chi connectivity index (χ2n) is 4.29. The van der Waals surface area contributed by atoms with Crippen LogP contribution in [0.3, 0.4) is 0 Å². The lowest BCUT2D eigenvalue weighted by Gasteiger charge is -2.12. The van der Waals surface area contributed by atoms with Crippen molar-refractivity contribution >= 4 is 11.6 Å². The Morgan fingerprint density at radius 2 is 2.20 bits per heavy atom. The predicted octanol–water partition coefficient (Wildman–Crippen LogP) is 0.676. The highest BCUT2D eigenvalue weighted by Crippen LogP contribution is 2.15. The molecule has 2 aromatic rings. The summed E-state index contributed by atoms with van der Waals surface area (Å²) >= 11 is 0. The molecule has 2 N–H and O–H groups in total. The maximum Gasteiger partial charge on any atom is 0.221 e. The third-order valence-corrected chi connectivity index (χ3v) is 2.48. The van der Waals surface area contributed by atoms with Crippen molar-refractivity contribution in [2.45, 2.75) is 19.6 Å². The highest BCUT2D eigenvalue weighted by molar-refractivity contribution is 5.88. The Labute approximate surface area is 116 Å². The van der Waals surface area contributed by atoms with Crippen molar-refractivity contribution < 1.29 is 14.6 Å². The lowest BCUT2D eigenvalue weighted by Crippen LogP contribution is -2.23. The third-order valence-electron chi connectivity index (χ3n) is 2.48. The number of ether oxygens (including phenoxy) is 1. The molecule has 2 rings (SSSR count). The number of hydrogen-bond donors (Lipinski definition) is 2. The largest absolute Gasteiger partial charge is 0.491 e. The first-order valence-electron chi connectivity index (χ1n) is 6.14. The van der Waals surface area contributed by atoms with E-state index in [0.717, 1.165) is 0 Å². The van der Waals surface area contributed by atoms with Crippen LogP contribution in [-0.2, 0) is 11.3 Å². The van der Waals surface area contributed by atoms with Crippen LogP contribution in [0.5, 0.6) is 5.75 Å². The molecule has 0 radical (unpaired) electrons. The van der Waals surface area contributed by atoms with E-state index < -0.39 is 6.10 Å². The minimum absolute atomic E-state index is 0.123. The number of amides is 1. The van der Waals surface area contributed by atoms with E-state index >= 15 is 0 Å². The van der Waals surface area contributed by atoms with Gasteiger partial charge in [0.25, 0.3) is 0 Å². The van der Waals surface area contributed by atoms with Gasteiger partial charge in [0, 0.05) is 12.6 Å². The molecule has 1 aromatic heterocycles. The van der Waals surface area contributed by atoms with Crippen LogP contribution in [0.25, 0.3) is 0 Å². The molecule has 0 saturated heterocycles. The van der Waals surface area contributed by atoms with Crippen molar-refractivity contribution in [1.29, 1.82) is 0 Å². The van der Waals surface area contributed by atoms with Gasteiger partial charge in [-0.15, -0.1) is 0 Å². The highest BCUT2D eigenvalue weighted by Gasteiger charge is 2.07. The number of nitrogens with one attached hydrogen (secondary N) is 1. The minimum atomic E-state index is -0.674. The zero-order valence-corrected chi connectivity index (χ0v) is 11.1. The number of carbonyl (C=O) groups excluding carboxylic acids is 1. The predicted molar refractivity (Wildman–Crippen MR) is 72.3 cm³/mol. The molecule has 0 aliphatic rings. The van der Waals surface area contributed by atoms with Crippen LogP contribution in [0.1, 0.15) is 6.92 Å². The van der Waals surface area contributed by atoms with Gasteiger partial charge < -0.3 is 15.2 Å². The van der Waals surface area contributed by atoms with E-state index in [1.54, 1.807) is 24.3 Å². The minimum Gasteiger partial charge on any atom is -0.491 e. The first-order chi connectivity index (χ1) is 9.63. The number of nitrogens with zero attached hydrogens (tertiary/aromatic N) is 3. The summed E-state index contributed by atoms with van der Waals surface area (Å²) in [6, 6.07) is 6.93. The summed E-state index contributed by atoms with van der Waals surface area (Å²) < 4.78 is 6.99. The summed E-state index contributed by atoms with van der Waals surface area (Å²) in [6.45, 7) is 1.92. The average Bonchev–Trinajstić information content (AvgIpc) is 2.90. The molecule has 0 spiro atoms. The van der Waals surface area contributed by atoms with Crippen LogP contribution in [0.4, 0.5) is 5.69 Å². The number of benzene rings is 1. The summed E-state index contributed by atoms with van der Waals surface area (Å²) in [4.78, 5) is 14.7. The zero-order chi connectivity index (χ0) is 14.4. The van der Waals surface area contributed by atoms with E-state index in [0.29, 0.717) is 18.0 Å². The van der Waals surface area contributed by atoms with Gasteiger partial charge in [-0.2, -0.15) is 5.10 Å². The Hall–Kier alpha value is -2.41. The van der Waals surface area contributed by atoms with E-state index in [9.17, 15) is 9.90 Å². The summed E-state index contributed by atoms with van der Waals surface area (Å²) in [6.07, 6.45) is 2.27. The molecule has 0 saturated carbocycles. The fourth-order valence-electron chi connectivity index (χ4n) is 1.63. The van der Waals surface area contributed by atoms with Crippen molar-refractivity contribution in [2.75, 3.05) is 11.9 Å². The Bertz CT molecular complexity index is 539.